The van der Waals surface area contributed by atoms with E-state index in [0.29, 0.717) is 37.9 Å². The van der Waals surface area contributed by atoms with E-state index in [-0.39, 0.29) is 0 Å². The smallest absolute Gasteiger partial charge is 0.202 e. The molecule has 18 heavy (non-hydrogen) atoms. The van der Waals surface area contributed by atoms with Crippen LogP contribution in [0.4, 0.5) is 0 Å². The molecule has 0 N–H and O–H groups in total. The summed E-state index contributed by atoms with van der Waals surface area (Å²) in [5.74, 6) is 0. The van der Waals surface area contributed by atoms with Gasteiger partial charge >= 0.3 is 0 Å². The Hall–Kier alpha value is 0.380. The Bertz CT molecular complexity index is 258. The molecule has 0 rings (SSSR count). The predicted octanol–water partition coefficient (Wildman–Crippen LogP) is 4.44. The van der Waals surface area contributed by atoms with Gasteiger partial charge in [-0.15, -0.1) is 0 Å². The molecule has 0 aliphatic heterocycles. The zero-order valence-electron chi connectivity index (χ0n) is 12.2. The summed E-state index contributed by atoms with van der Waals surface area (Å²) >= 11 is 0. The number of rotatable bonds is 11. The monoisotopic (exact) mass is 298 g/mol. The molecule has 0 heterocycles. The van der Waals surface area contributed by atoms with Crippen molar-refractivity contribution in [3.63, 3.8) is 0 Å². The topological polar surface area (TPSA) is 52.6 Å². The van der Waals surface area contributed by atoms with Crippen LogP contribution in [-0.4, -0.2) is 37.9 Å². The van der Waals surface area contributed by atoms with E-state index >= 15 is 0 Å². The maximum absolute atomic E-state index is 11.9. The van der Waals surface area contributed by atoms with E-state index in [9.17, 15) is 9.13 Å². The molecule has 0 aromatic carbocycles. The fourth-order valence-corrected chi connectivity index (χ4v) is 4.03. The van der Waals surface area contributed by atoms with E-state index in [1.807, 2.05) is 27.7 Å². The molecule has 4 nitrogen and oxygen atoms in total. The van der Waals surface area contributed by atoms with Crippen molar-refractivity contribution in [1.82, 2.24) is 0 Å². The van der Waals surface area contributed by atoms with E-state index in [2.05, 4.69) is 0 Å². The normalized spacial score (nSPS) is 12.9. The fourth-order valence-electron chi connectivity index (χ4n) is 1.48. The van der Waals surface area contributed by atoms with Crippen molar-refractivity contribution in [2.24, 2.45) is 0 Å². The van der Waals surface area contributed by atoms with E-state index in [0.717, 1.165) is 12.8 Å². The highest BCUT2D eigenvalue weighted by atomic mass is 31.2. The van der Waals surface area contributed by atoms with Gasteiger partial charge in [0.25, 0.3) is 0 Å². The molecule has 0 aliphatic carbocycles. The molecule has 0 aromatic rings. The average molecular weight is 298 g/mol. The Morgan fingerprint density at radius 1 is 0.667 bits per heavy atom. The van der Waals surface area contributed by atoms with Crippen molar-refractivity contribution in [1.29, 1.82) is 0 Å². The zero-order valence-corrected chi connectivity index (χ0v) is 14.0. The first kappa shape index (κ1) is 18.4. The number of hydrogen-bond donors (Lipinski definition) is 0. The van der Waals surface area contributed by atoms with E-state index in [1.165, 1.54) is 0 Å². The molecule has 0 radical (unpaired) electrons. The van der Waals surface area contributed by atoms with Gasteiger partial charge in [0, 0.05) is 24.6 Å². The molecule has 6 heteroatoms. The minimum Gasteiger partial charge on any atom is -0.328 e. The summed E-state index contributed by atoms with van der Waals surface area (Å²) in [5, 5.41) is 0. The van der Waals surface area contributed by atoms with Crippen LogP contribution in [0.5, 0.6) is 0 Å². The van der Waals surface area contributed by atoms with Crippen molar-refractivity contribution in [2.75, 3.05) is 37.9 Å². The van der Waals surface area contributed by atoms with Gasteiger partial charge in [-0.05, 0) is 12.8 Å². The first-order valence-electron chi connectivity index (χ1n) is 6.90. The summed E-state index contributed by atoms with van der Waals surface area (Å²) in [5.41, 5.74) is 0. The third-order valence-electron chi connectivity index (χ3n) is 3.12. The van der Waals surface area contributed by atoms with Crippen molar-refractivity contribution >= 4 is 14.7 Å². The van der Waals surface area contributed by atoms with Gasteiger partial charge < -0.3 is 9.05 Å². The van der Waals surface area contributed by atoms with Gasteiger partial charge in [-0.25, -0.2) is 0 Å². The average Bonchev–Trinajstić information content (AvgIpc) is 2.42. The lowest BCUT2D eigenvalue weighted by Crippen LogP contribution is -2.01. The van der Waals surface area contributed by atoms with Crippen molar-refractivity contribution in [2.45, 2.75) is 40.5 Å². The molecular weight excluding hydrogens is 270 g/mol. The molecule has 0 aliphatic rings. The predicted molar refractivity (Wildman–Crippen MR) is 78.5 cm³/mol. The van der Waals surface area contributed by atoms with Crippen LogP contribution in [0.25, 0.3) is 0 Å². The van der Waals surface area contributed by atoms with Gasteiger partial charge in [-0.1, -0.05) is 27.7 Å². The highest BCUT2D eigenvalue weighted by Crippen LogP contribution is 2.46. The standard InChI is InChI=1S/C12H28O4P2/c1-5-17(13,6-2)15-11-9-10-12-16-18(14,7-3)8-4/h5-12H2,1-4H3. The quantitative estimate of drug-likeness (QED) is 0.418. The first-order valence-corrected chi connectivity index (χ1v) is 10.9. The Labute approximate surface area is 112 Å². The van der Waals surface area contributed by atoms with Gasteiger partial charge in [0.15, 0.2) is 0 Å². The minimum atomic E-state index is -2.37. The van der Waals surface area contributed by atoms with Gasteiger partial charge in [0.2, 0.25) is 14.7 Å². The van der Waals surface area contributed by atoms with Gasteiger partial charge in [0.1, 0.15) is 0 Å². The SMILES string of the molecule is CCP(=O)(CC)OCCCCOP(=O)(CC)CC. The summed E-state index contributed by atoms with van der Waals surface area (Å²) in [7, 11) is -4.74. The molecule has 0 unspecified atom stereocenters. The first-order chi connectivity index (χ1) is 8.45. The molecule has 0 spiro atoms. The summed E-state index contributed by atoms with van der Waals surface area (Å²) < 4.78 is 34.8. The van der Waals surface area contributed by atoms with Crippen LogP contribution in [0, 0.1) is 0 Å². The summed E-state index contributed by atoms with van der Waals surface area (Å²) in [6.07, 6.45) is 4.00. The lowest BCUT2D eigenvalue weighted by molar-refractivity contribution is 0.267. The van der Waals surface area contributed by atoms with Crippen LogP contribution in [0.2, 0.25) is 0 Å². The summed E-state index contributed by atoms with van der Waals surface area (Å²) in [4.78, 5) is 0. The van der Waals surface area contributed by atoms with Crippen molar-refractivity contribution in [3.8, 4) is 0 Å². The Balaban J connectivity index is 3.70. The molecule has 0 amide bonds. The Kier molecular flexibility index (Phi) is 9.51. The maximum Gasteiger partial charge on any atom is 0.202 e. The van der Waals surface area contributed by atoms with E-state index in [1.54, 1.807) is 0 Å². The fraction of sp³-hybridized carbons (Fsp3) is 1.00. The molecule has 0 aromatic heterocycles. The minimum absolute atomic E-state index is 0.505. The van der Waals surface area contributed by atoms with Crippen LogP contribution in [-0.2, 0) is 18.2 Å². The zero-order chi connectivity index (χ0) is 14.1. The van der Waals surface area contributed by atoms with E-state index in [4.69, 9.17) is 9.05 Å². The third-order valence-corrected chi connectivity index (χ3v) is 8.28. The Morgan fingerprint density at radius 3 is 1.17 bits per heavy atom. The third kappa shape index (κ3) is 7.09. The lowest BCUT2D eigenvalue weighted by Gasteiger charge is -2.16. The molecular formula is C12H28O4P2. The molecule has 110 valence electrons. The van der Waals surface area contributed by atoms with Crippen LogP contribution >= 0.6 is 14.7 Å². The van der Waals surface area contributed by atoms with Crippen LogP contribution in [0.3, 0.4) is 0 Å². The van der Waals surface area contributed by atoms with Gasteiger partial charge in [-0.3, -0.25) is 9.13 Å². The van der Waals surface area contributed by atoms with Crippen LogP contribution in [0.15, 0.2) is 0 Å². The van der Waals surface area contributed by atoms with E-state index < -0.39 is 14.7 Å². The highest BCUT2D eigenvalue weighted by molar-refractivity contribution is 7.59. The molecule has 0 atom stereocenters. The second kappa shape index (κ2) is 9.31. The largest absolute Gasteiger partial charge is 0.328 e. The summed E-state index contributed by atoms with van der Waals surface area (Å²) in [6.45, 7) is 8.59. The Morgan fingerprint density at radius 2 is 0.944 bits per heavy atom. The number of unbranched alkanes of at least 4 members (excludes halogenated alkanes) is 1. The molecule has 0 bridgehead atoms. The van der Waals surface area contributed by atoms with Crippen LogP contribution < -0.4 is 0 Å². The molecule has 0 saturated carbocycles. The highest BCUT2D eigenvalue weighted by Gasteiger charge is 2.18. The number of hydrogen-bond acceptors (Lipinski definition) is 4. The van der Waals surface area contributed by atoms with Crippen LogP contribution in [0.1, 0.15) is 40.5 Å². The maximum atomic E-state index is 11.9. The second-order valence-corrected chi connectivity index (χ2v) is 10.6. The molecule has 0 fully saturated rings. The van der Waals surface area contributed by atoms with Crippen molar-refractivity contribution < 1.29 is 18.2 Å². The van der Waals surface area contributed by atoms with Crippen molar-refractivity contribution in [3.05, 3.63) is 0 Å². The van der Waals surface area contributed by atoms with Gasteiger partial charge in [-0.2, -0.15) is 0 Å². The molecule has 0 saturated heterocycles. The summed E-state index contributed by atoms with van der Waals surface area (Å²) in [6, 6.07) is 0. The second-order valence-electron chi connectivity index (χ2n) is 4.27. The lowest BCUT2D eigenvalue weighted by atomic mass is 10.3. The van der Waals surface area contributed by atoms with Gasteiger partial charge in [0.05, 0.1) is 13.2 Å².